The summed E-state index contributed by atoms with van der Waals surface area (Å²) < 4.78 is 10.5. The molecule has 0 fully saturated rings. The monoisotopic (exact) mass is 369 g/mol. The summed E-state index contributed by atoms with van der Waals surface area (Å²) in [6, 6.07) is 8.34. The summed E-state index contributed by atoms with van der Waals surface area (Å²) in [4.78, 5) is 31.2. The van der Waals surface area contributed by atoms with Crippen LogP contribution in [0, 0.1) is 11.8 Å². The molecule has 142 valence electrons. The van der Waals surface area contributed by atoms with Crippen LogP contribution < -0.4 is 5.32 Å². The maximum absolute atomic E-state index is 12.4. The van der Waals surface area contributed by atoms with Crippen LogP contribution in [0.5, 0.6) is 0 Å². The molecule has 0 radical (unpaired) electrons. The van der Waals surface area contributed by atoms with Crippen molar-refractivity contribution in [1.29, 1.82) is 0 Å². The number of ether oxygens (including phenoxy) is 2. The van der Waals surface area contributed by atoms with Gasteiger partial charge in [0, 0.05) is 6.42 Å². The van der Waals surface area contributed by atoms with Crippen LogP contribution in [0.25, 0.3) is 0 Å². The number of nitrogens with one attached hydrogen (secondary N) is 2. The average Bonchev–Trinajstić information content (AvgIpc) is 3.11. The minimum Gasteiger partial charge on any atom is -0.459 e. The predicted octanol–water partition coefficient (Wildman–Crippen LogP) is 2.79. The lowest BCUT2D eigenvalue weighted by Crippen LogP contribution is -2.44. The van der Waals surface area contributed by atoms with Crippen LogP contribution in [0.3, 0.4) is 0 Å². The number of hydrogen-bond acceptors (Lipinski definition) is 5. The summed E-state index contributed by atoms with van der Waals surface area (Å²) in [6.07, 6.45) is 2.45. The van der Waals surface area contributed by atoms with Crippen LogP contribution in [0.15, 0.2) is 42.9 Å². The Morgan fingerprint density at radius 3 is 2.63 bits per heavy atom. The predicted molar refractivity (Wildman–Crippen MR) is 99.5 cm³/mol. The molecule has 0 bridgehead atoms. The van der Waals surface area contributed by atoms with Gasteiger partial charge in [0.25, 0.3) is 0 Å². The van der Waals surface area contributed by atoms with Crippen molar-refractivity contribution >= 4 is 12.1 Å². The zero-order valence-electron chi connectivity index (χ0n) is 15.6. The number of rotatable bonds is 5. The number of nitrogens with zero attached hydrogens (tertiary/aromatic N) is 1. The molecule has 1 unspecified atom stereocenters. The normalized spacial score (nSPS) is 11.7. The Bertz CT molecular complexity index is 799. The lowest BCUT2D eigenvalue weighted by atomic mass is 10.2. The Hall–Kier alpha value is -3.27. The number of esters is 1. The molecule has 0 saturated heterocycles. The van der Waals surface area contributed by atoms with Crippen molar-refractivity contribution in [2.24, 2.45) is 0 Å². The van der Waals surface area contributed by atoms with Crippen molar-refractivity contribution in [1.82, 2.24) is 15.3 Å². The summed E-state index contributed by atoms with van der Waals surface area (Å²) >= 11 is 0. The Morgan fingerprint density at radius 2 is 2.00 bits per heavy atom. The van der Waals surface area contributed by atoms with E-state index in [2.05, 4.69) is 27.1 Å². The standard InChI is InChI=1S/C20H23N3O4/c1-20(2,3)27-19(25)23-17(11-7-10-16-12-21-14-22-16)18(24)26-13-15-8-5-4-6-9-15/h4-6,8-9,12,14,17H,11,13H2,1-3H3,(H,21,22)(H,23,25). The van der Waals surface area contributed by atoms with E-state index in [1.165, 1.54) is 6.33 Å². The number of benzene rings is 1. The summed E-state index contributed by atoms with van der Waals surface area (Å²) in [5, 5.41) is 2.53. The van der Waals surface area contributed by atoms with Crippen LogP contribution in [-0.4, -0.2) is 33.7 Å². The van der Waals surface area contributed by atoms with Gasteiger partial charge in [-0.05, 0) is 32.3 Å². The molecule has 1 atom stereocenters. The summed E-state index contributed by atoms with van der Waals surface area (Å²) in [5.74, 6) is 5.10. The fraction of sp³-hybridized carbons (Fsp3) is 0.350. The molecule has 2 rings (SSSR count). The van der Waals surface area contributed by atoms with Gasteiger partial charge in [0.05, 0.1) is 12.5 Å². The smallest absolute Gasteiger partial charge is 0.408 e. The maximum Gasteiger partial charge on any atom is 0.408 e. The van der Waals surface area contributed by atoms with E-state index in [4.69, 9.17) is 9.47 Å². The van der Waals surface area contributed by atoms with Gasteiger partial charge in [-0.15, -0.1) is 0 Å². The van der Waals surface area contributed by atoms with Crippen molar-refractivity contribution in [2.45, 2.75) is 45.4 Å². The SMILES string of the molecule is CC(C)(C)OC(=O)NC(CC#Cc1cnc[nH]1)C(=O)OCc1ccccc1. The van der Waals surface area contributed by atoms with E-state index in [0.29, 0.717) is 5.69 Å². The van der Waals surface area contributed by atoms with Gasteiger partial charge in [0.1, 0.15) is 23.9 Å². The molecule has 7 heteroatoms. The number of aromatic nitrogens is 2. The van der Waals surface area contributed by atoms with Gasteiger partial charge in [-0.25, -0.2) is 14.6 Å². The van der Waals surface area contributed by atoms with E-state index in [-0.39, 0.29) is 13.0 Å². The first-order valence-corrected chi connectivity index (χ1v) is 8.51. The second kappa shape index (κ2) is 9.43. The van der Waals surface area contributed by atoms with E-state index in [1.807, 2.05) is 30.3 Å². The van der Waals surface area contributed by atoms with Crippen molar-refractivity contribution in [3.63, 3.8) is 0 Å². The third-order valence-corrected chi connectivity index (χ3v) is 3.23. The van der Waals surface area contributed by atoms with Gasteiger partial charge in [-0.3, -0.25) is 0 Å². The second-order valence-corrected chi connectivity index (χ2v) is 6.76. The van der Waals surface area contributed by atoms with Crippen LogP contribution in [0.4, 0.5) is 4.79 Å². The highest BCUT2D eigenvalue weighted by Crippen LogP contribution is 2.08. The van der Waals surface area contributed by atoms with Gasteiger partial charge in [-0.1, -0.05) is 36.3 Å². The fourth-order valence-corrected chi connectivity index (χ4v) is 2.04. The molecule has 0 spiro atoms. The molecule has 1 heterocycles. The quantitative estimate of drug-likeness (QED) is 0.624. The zero-order chi connectivity index (χ0) is 19.7. The number of amides is 1. The van der Waals surface area contributed by atoms with E-state index < -0.39 is 23.7 Å². The van der Waals surface area contributed by atoms with Crippen LogP contribution in [0.2, 0.25) is 0 Å². The van der Waals surface area contributed by atoms with Crippen LogP contribution >= 0.6 is 0 Å². The molecule has 0 aliphatic carbocycles. The minimum absolute atomic E-state index is 0.0753. The summed E-state index contributed by atoms with van der Waals surface area (Å²) in [6.45, 7) is 5.34. The molecular formula is C20H23N3O4. The topological polar surface area (TPSA) is 93.3 Å². The van der Waals surface area contributed by atoms with Crippen molar-refractivity contribution in [2.75, 3.05) is 0 Å². The molecule has 0 saturated carbocycles. The first kappa shape index (κ1) is 20.0. The number of alkyl carbamates (subject to hydrolysis) is 1. The fourth-order valence-electron chi connectivity index (χ4n) is 2.04. The van der Waals surface area contributed by atoms with E-state index in [1.54, 1.807) is 27.0 Å². The van der Waals surface area contributed by atoms with Crippen molar-refractivity contribution in [3.05, 3.63) is 54.1 Å². The van der Waals surface area contributed by atoms with Gasteiger partial charge >= 0.3 is 12.1 Å². The molecule has 2 aromatic rings. The van der Waals surface area contributed by atoms with Gasteiger partial charge in [-0.2, -0.15) is 0 Å². The summed E-state index contributed by atoms with van der Waals surface area (Å²) in [7, 11) is 0. The highest BCUT2D eigenvalue weighted by atomic mass is 16.6. The Balaban J connectivity index is 2.00. The number of hydrogen-bond donors (Lipinski definition) is 2. The Morgan fingerprint density at radius 1 is 1.26 bits per heavy atom. The molecule has 1 aromatic carbocycles. The molecule has 1 amide bonds. The van der Waals surface area contributed by atoms with Gasteiger partial charge in [0.2, 0.25) is 0 Å². The largest absolute Gasteiger partial charge is 0.459 e. The number of carbonyl (C=O) groups excluding carboxylic acids is 2. The average molecular weight is 369 g/mol. The lowest BCUT2D eigenvalue weighted by molar-refractivity contribution is -0.147. The lowest BCUT2D eigenvalue weighted by Gasteiger charge is -2.22. The van der Waals surface area contributed by atoms with Gasteiger partial charge < -0.3 is 19.8 Å². The molecule has 7 nitrogen and oxygen atoms in total. The van der Waals surface area contributed by atoms with Crippen molar-refractivity contribution < 1.29 is 19.1 Å². The first-order chi connectivity index (χ1) is 12.8. The van der Waals surface area contributed by atoms with Crippen LogP contribution in [0.1, 0.15) is 38.4 Å². The van der Waals surface area contributed by atoms with Gasteiger partial charge in [0.15, 0.2) is 0 Å². The molecule has 27 heavy (non-hydrogen) atoms. The minimum atomic E-state index is -0.945. The maximum atomic E-state index is 12.4. The molecule has 0 aliphatic rings. The Kier molecular flexibility index (Phi) is 7.00. The third-order valence-electron chi connectivity index (χ3n) is 3.23. The Labute approximate surface area is 158 Å². The third kappa shape index (κ3) is 7.65. The van der Waals surface area contributed by atoms with E-state index in [9.17, 15) is 9.59 Å². The number of H-pyrrole nitrogens is 1. The summed E-state index contributed by atoms with van der Waals surface area (Å²) in [5.41, 5.74) is 0.790. The van der Waals surface area contributed by atoms with E-state index in [0.717, 1.165) is 5.56 Å². The zero-order valence-corrected chi connectivity index (χ0v) is 15.6. The molecule has 1 aromatic heterocycles. The number of aromatic amines is 1. The molecule has 0 aliphatic heterocycles. The van der Waals surface area contributed by atoms with Crippen LogP contribution in [-0.2, 0) is 20.9 Å². The second-order valence-electron chi connectivity index (χ2n) is 6.76. The van der Waals surface area contributed by atoms with E-state index >= 15 is 0 Å². The highest BCUT2D eigenvalue weighted by molar-refractivity contribution is 5.81. The first-order valence-electron chi connectivity index (χ1n) is 8.51. The van der Waals surface area contributed by atoms with Crippen molar-refractivity contribution in [3.8, 4) is 11.8 Å². The number of carbonyl (C=O) groups is 2. The number of imidazole rings is 1. The molecule has 2 N–H and O–H groups in total. The molecular weight excluding hydrogens is 346 g/mol. The highest BCUT2D eigenvalue weighted by Gasteiger charge is 2.25.